The molecule has 146 valence electrons. The monoisotopic (exact) mass is 396 g/mol. The van der Waals surface area contributed by atoms with Gasteiger partial charge in [-0.15, -0.1) is 0 Å². The standard InChI is InChI=1S/C22H25BO4S/c1-15(25)28-14-18(23-26-21(2,3)22(4,5)27-23)12-20-17(13-24)11-10-16-8-6-7-9-19(16)20/h6-13H,14H2,1-5H3. The van der Waals surface area contributed by atoms with Crippen molar-refractivity contribution >= 4 is 47.1 Å². The van der Waals surface area contributed by atoms with Gasteiger partial charge in [-0.25, -0.2) is 0 Å². The van der Waals surface area contributed by atoms with Crippen LogP contribution in [0.25, 0.3) is 16.8 Å². The highest BCUT2D eigenvalue weighted by molar-refractivity contribution is 8.13. The molecule has 0 N–H and O–H groups in total. The van der Waals surface area contributed by atoms with Gasteiger partial charge in [0, 0.05) is 18.2 Å². The summed E-state index contributed by atoms with van der Waals surface area (Å²) in [4.78, 5) is 23.3. The molecular formula is C22H25BO4S. The molecule has 1 heterocycles. The van der Waals surface area contributed by atoms with Gasteiger partial charge >= 0.3 is 7.12 Å². The summed E-state index contributed by atoms with van der Waals surface area (Å²) in [5.74, 6) is 0.438. The van der Waals surface area contributed by atoms with Crippen molar-refractivity contribution in [3.05, 3.63) is 53.0 Å². The topological polar surface area (TPSA) is 52.6 Å². The van der Waals surface area contributed by atoms with Crippen LogP contribution in [0.3, 0.4) is 0 Å². The van der Waals surface area contributed by atoms with Gasteiger partial charge in [-0.05, 0) is 49.5 Å². The smallest absolute Gasteiger partial charge is 0.400 e. The molecular weight excluding hydrogens is 371 g/mol. The van der Waals surface area contributed by atoms with Crippen molar-refractivity contribution in [3.63, 3.8) is 0 Å². The molecule has 2 aromatic rings. The van der Waals surface area contributed by atoms with E-state index in [-0.39, 0.29) is 5.12 Å². The van der Waals surface area contributed by atoms with Crippen molar-refractivity contribution < 1.29 is 18.9 Å². The van der Waals surface area contributed by atoms with Crippen molar-refractivity contribution in [1.29, 1.82) is 0 Å². The molecule has 2 aromatic carbocycles. The fourth-order valence-electron chi connectivity index (χ4n) is 3.12. The van der Waals surface area contributed by atoms with Gasteiger partial charge in [-0.3, -0.25) is 9.59 Å². The zero-order chi connectivity index (χ0) is 20.5. The van der Waals surface area contributed by atoms with Gasteiger partial charge in [-0.2, -0.15) is 0 Å². The highest BCUT2D eigenvalue weighted by atomic mass is 32.2. The van der Waals surface area contributed by atoms with Gasteiger partial charge in [0.2, 0.25) is 0 Å². The summed E-state index contributed by atoms with van der Waals surface area (Å²) in [6.07, 6.45) is 2.81. The first kappa shape index (κ1) is 20.8. The Kier molecular flexibility index (Phi) is 5.85. The Hall–Kier alpha value is -1.89. The molecule has 0 unspecified atom stereocenters. The van der Waals surface area contributed by atoms with Crippen LogP contribution in [-0.4, -0.2) is 35.5 Å². The van der Waals surface area contributed by atoms with Gasteiger partial charge < -0.3 is 9.31 Å². The van der Waals surface area contributed by atoms with E-state index in [4.69, 9.17) is 9.31 Å². The first-order chi connectivity index (χ1) is 13.1. The minimum atomic E-state index is -0.574. The lowest BCUT2D eigenvalue weighted by molar-refractivity contribution is -0.109. The molecule has 0 spiro atoms. The van der Waals surface area contributed by atoms with Crippen LogP contribution in [0.1, 0.15) is 50.5 Å². The van der Waals surface area contributed by atoms with Gasteiger partial charge in [-0.1, -0.05) is 54.2 Å². The van der Waals surface area contributed by atoms with E-state index in [9.17, 15) is 9.59 Å². The quantitative estimate of drug-likeness (QED) is 0.529. The summed E-state index contributed by atoms with van der Waals surface area (Å²) in [7, 11) is -0.574. The lowest BCUT2D eigenvalue weighted by Gasteiger charge is -2.32. The Labute approximate surface area is 170 Å². The van der Waals surface area contributed by atoms with E-state index in [0.29, 0.717) is 11.3 Å². The molecule has 28 heavy (non-hydrogen) atoms. The van der Waals surface area contributed by atoms with Crippen molar-refractivity contribution in [1.82, 2.24) is 0 Å². The van der Waals surface area contributed by atoms with Crippen LogP contribution in [0, 0.1) is 0 Å². The number of benzene rings is 2. The number of hydrogen-bond donors (Lipinski definition) is 0. The van der Waals surface area contributed by atoms with E-state index < -0.39 is 18.3 Å². The van der Waals surface area contributed by atoms with Crippen LogP contribution >= 0.6 is 11.8 Å². The maximum Gasteiger partial charge on any atom is 0.491 e. The van der Waals surface area contributed by atoms with Crippen molar-refractivity contribution in [2.24, 2.45) is 0 Å². The summed E-state index contributed by atoms with van der Waals surface area (Å²) in [5.41, 5.74) is 1.29. The predicted octanol–water partition coefficient (Wildman–Crippen LogP) is 4.95. The third-order valence-electron chi connectivity index (χ3n) is 5.46. The maximum absolute atomic E-state index is 11.7. The van der Waals surface area contributed by atoms with Crippen LogP contribution in [0.5, 0.6) is 0 Å². The highest BCUT2D eigenvalue weighted by Gasteiger charge is 2.52. The van der Waals surface area contributed by atoms with E-state index in [0.717, 1.165) is 28.1 Å². The molecule has 1 aliphatic rings. The molecule has 6 heteroatoms. The highest BCUT2D eigenvalue weighted by Crippen LogP contribution is 2.39. The van der Waals surface area contributed by atoms with Crippen LogP contribution in [0.2, 0.25) is 0 Å². The Balaban J connectivity index is 2.11. The van der Waals surface area contributed by atoms with Crippen LogP contribution in [-0.2, 0) is 14.1 Å². The average Bonchev–Trinajstić information content (AvgIpc) is 2.85. The summed E-state index contributed by atoms with van der Waals surface area (Å²) < 4.78 is 12.4. The van der Waals surface area contributed by atoms with Gasteiger partial charge in [0.25, 0.3) is 0 Å². The van der Waals surface area contributed by atoms with Gasteiger partial charge in [0.05, 0.1) is 11.2 Å². The molecule has 0 amide bonds. The van der Waals surface area contributed by atoms with Crippen molar-refractivity contribution in [2.45, 2.75) is 45.8 Å². The van der Waals surface area contributed by atoms with E-state index in [2.05, 4.69) is 0 Å². The lowest BCUT2D eigenvalue weighted by Crippen LogP contribution is -2.41. The van der Waals surface area contributed by atoms with Crippen LogP contribution in [0.15, 0.2) is 41.9 Å². The number of fused-ring (bicyclic) bond motifs is 1. The number of thioether (sulfide) groups is 1. The molecule has 0 aromatic heterocycles. The Bertz CT molecular complexity index is 933. The maximum atomic E-state index is 11.7. The van der Waals surface area contributed by atoms with Gasteiger partial charge in [0.15, 0.2) is 11.4 Å². The molecule has 0 radical (unpaired) electrons. The fourth-order valence-corrected chi connectivity index (χ4v) is 3.71. The van der Waals surface area contributed by atoms with E-state index in [1.165, 1.54) is 11.8 Å². The molecule has 3 rings (SSSR count). The zero-order valence-corrected chi connectivity index (χ0v) is 17.8. The van der Waals surface area contributed by atoms with Crippen molar-refractivity contribution in [2.75, 3.05) is 5.75 Å². The fraction of sp³-hybridized carbons (Fsp3) is 0.364. The van der Waals surface area contributed by atoms with Crippen LogP contribution in [0.4, 0.5) is 0 Å². The Morgan fingerprint density at radius 2 is 1.71 bits per heavy atom. The molecule has 1 fully saturated rings. The molecule has 0 saturated carbocycles. The normalized spacial score (nSPS) is 18.5. The number of carbonyl (C=O) groups excluding carboxylic acids is 2. The first-order valence-electron chi connectivity index (χ1n) is 9.31. The molecule has 0 bridgehead atoms. The number of hydrogen-bond acceptors (Lipinski definition) is 5. The lowest BCUT2D eigenvalue weighted by atomic mass is 9.77. The second-order valence-corrected chi connectivity index (χ2v) is 9.15. The Morgan fingerprint density at radius 3 is 2.32 bits per heavy atom. The summed E-state index contributed by atoms with van der Waals surface area (Å²) in [5, 5.41) is 2.05. The minimum Gasteiger partial charge on any atom is -0.400 e. The predicted molar refractivity (Wildman–Crippen MR) is 117 cm³/mol. The van der Waals surface area contributed by atoms with Crippen molar-refractivity contribution in [3.8, 4) is 0 Å². The second kappa shape index (κ2) is 7.86. The first-order valence-corrected chi connectivity index (χ1v) is 10.3. The minimum absolute atomic E-state index is 0.0240. The van der Waals surface area contributed by atoms with E-state index >= 15 is 0 Å². The summed E-state index contributed by atoms with van der Waals surface area (Å²) in [6.45, 7) is 9.53. The molecule has 0 atom stereocenters. The third-order valence-corrected chi connectivity index (χ3v) is 6.34. The Morgan fingerprint density at radius 1 is 1.07 bits per heavy atom. The molecule has 0 aliphatic carbocycles. The third kappa shape index (κ3) is 4.09. The molecule has 1 aliphatic heterocycles. The molecule has 1 saturated heterocycles. The van der Waals surface area contributed by atoms with Crippen LogP contribution < -0.4 is 0 Å². The average molecular weight is 396 g/mol. The summed E-state index contributed by atoms with van der Waals surface area (Å²) in [6, 6.07) is 11.7. The zero-order valence-electron chi connectivity index (χ0n) is 16.9. The number of carbonyl (C=O) groups is 2. The second-order valence-electron chi connectivity index (χ2n) is 8.00. The number of rotatable bonds is 5. The van der Waals surface area contributed by atoms with E-state index in [1.54, 1.807) is 6.92 Å². The summed E-state index contributed by atoms with van der Waals surface area (Å²) >= 11 is 1.21. The number of aldehydes is 1. The largest absolute Gasteiger partial charge is 0.491 e. The van der Waals surface area contributed by atoms with E-state index in [1.807, 2.05) is 70.2 Å². The SMILES string of the molecule is CC(=O)SCC(=Cc1c(C=O)ccc2ccccc12)B1OC(C)(C)C(C)(C)O1. The molecule has 4 nitrogen and oxygen atoms in total. The van der Waals surface area contributed by atoms with Gasteiger partial charge in [0.1, 0.15) is 0 Å².